The molecule has 191 valence electrons. The maximum Gasteiger partial charge on any atom is 0.124 e. The number of aromatic hydroxyl groups is 2. The molecular formula is C28H30CoN3O4-. The summed E-state index contributed by atoms with van der Waals surface area (Å²) in [6, 6.07) is 19.8. The number of aliphatic imine (C=N–C) groups is 2. The minimum absolute atomic E-state index is 0. The minimum Gasteiger partial charge on any atom is -0.652 e. The van der Waals surface area contributed by atoms with Gasteiger partial charge in [-0.3, -0.25) is 15.0 Å². The van der Waals surface area contributed by atoms with Gasteiger partial charge in [0, 0.05) is 58.6 Å². The zero-order valence-electron chi connectivity index (χ0n) is 19.8. The van der Waals surface area contributed by atoms with Gasteiger partial charge in [0.15, 0.2) is 0 Å². The van der Waals surface area contributed by atoms with Crippen LogP contribution in [0.3, 0.4) is 0 Å². The maximum atomic E-state index is 9.59. The number of phenols is 2. The molecule has 0 saturated heterocycles. The molecule has 2 N–H and O–H groups in total. The van der Waals surface area contributed by atoms with Gasteiger partial charge in [-0.05, 0) is 49.2 Å². The molecule has 36 heavy (non-hydrogen) atoms. The summed E-state index contributed by atoms with van der Waals surface area (Å²) in [6.45, 7) is 2.96. The Labute approximate surface area is 222 Å². The molecule has 2 aromatic carbocycles. The fraction of sp³-hybridized carbons (Fsp3) is 0.214. The van der Waals surface area contributed by atoms with Crippen molar-refractivity contribution in [3.05, 3.63) is 102 Å². The molecule has 1 aliphatic rings. The van der Waals surface area contributed by atoms with E-state index in [-0.39, 0.29) is 28.3 Å². The van der Waals surface area contributed by atoms with Gasteiger partial charge in [-0.25, -0.2) is 0 Å². The third kappa shape index (κ3) is 13.2. The summed E-state index contributed by atoms with van der Waals surface area (Å²) < 4.78 is 4.46. The predicted molar refractivity (Wildman–Crippen MR) is 139 cm³/mol. The molecule has 0 bridgehead atoms. The summed E-state index contributed by atoms with van der Waals surface area (Å²) >= 11 is 0. The quantitative estimate of drug-likeness (QED) is 0.189. The molecule has 0 spiro atoms. The molecule has 1 heterocycles. The first-order valence-electron chi connectivity index (χ1n) is 11.3. The number of hydrogen-bond acceptors (Lipinski definition) is 7. The summed E-state index contributed by atoms with van der Waals surface area (Å²) in [7, 11) is 0. The molecule has 1 aromatic heterocycles. The van der Waals surface area contributed by atoms with Crippen molar-refractivity contribution in [2.24, 2.45) is 15.9 Å². The summed E-state index contributed by atoms with van der Waals surface area (Å²) in [5, 5.41) is 19.1. The van der Waals surface area contributed by atoms with E-state index in [1.165, 1.54) is 6.47 Å². The monoisotopic (exact) mass is 531 g/mol. The van der Waals surface area contributed by atoms with E-state index in [0.29, 0.717) is 36.7 Å². The van der Waals surface area contributed by atoms with Crippen LogP contribution in [-0.4, -0.2) is 53.8 Å². The fourth-order valence-corrected chi connectivity index (χ4v) is 2.92. The van der Waals surface area contributed by atoms with Crippen LogP contribution in [0.15, 0.2) is 101 Å². The molecule has 0 fully saturated rings. The number of phenolic OH excluding ortho intramolecular Hbond substituents is 2. The zero-order valence-corrected chi connectivity index (χ0v) is 20.9. The Balaban J connectivity index is 0.000000332. The molecule has 8 heteroatoms. The SMILES string of the molecule is O=[C-]OC[C@H]1C=CCC1.Oc1ccccc1C=NCCN=Cc1ccccc1O.[Co].c1ccncc1. The molecule has 0 unspecified atom stereocenters. The van der Waals surface area contributed by atoms with Gasteiger partial charge in [0.2, 0.25) is 0 Å². The van der Waals surface area contributed by atoms with Gasteiger partial charge in [-0.1, -0.05) is 49.0 Å². The van der Waals surface area contributed by atoms with Crippen LogP contribution in [0.4, 0.5) is 0 Å². The van der Waals surface area contributed by atoms with Crippen molar-refractivity contribution >= 4 is 18.9 Å². The molecular weight excluding hydrogens is 501 g/mol. The second-order valence-corrected chi connectivity index (χ2v) is 7.37. The van der Waals surface area contributed by atoms with Crippen molar-refractivity contribution in [2.45, 2.75) is 12.8 Å². The molecule has 4 rings (SSSR count). The molecule has 0 saturated carbocycles. The summed E-state index contributed by atoms with van der Waals surface area (Å²) in [5.41, 5.74) is 1.38. The average molecular weight is 531 g/mol. The van der Waals surface area contributed by atoms with Crippen molar-refractivity contribution in [3.63, 3.8) is 0 Å². The van der Waals surface area contributed by atoms with Crippen molar-refractivity contribution in [1.29, 1.82) is 0 Å². The first-order chi connectivity index (χ1) is 17.2. The van der Waals surface area contributed by atoms with Gasteiger partial charge < -0.3 is 19.7 Å². The zero-order chi connectivity index (χ0) is 25.0. The molecule has 3 aromatic rings. The van der Waals surface area contributed by atoms with Gasteiger partial charge in [0.1, 0.15) is 11.5 Å². The molecule has 1 atom stereocenters. The first-order valence-corrected chi connectivity index (χ1v) is 11.3. The van der Waals surface area contributed by atoms with E-state index in [4.69, 9.17) is 0 Å². The number of rotatable bonds is 8. The van der Waals surface area contributed by atoms with Crippen LogP contribution in [0.5, 0.6) is 11.5 Å². The molecule has 1 radical (unpaired) electrons. The van der Waals surface area contributed by atoms with Crippen LogP contribution in [0, 0.1) is 5.92 Å². The van der Waals surface area contributed by atoms with Crippen LogP contribution in [0.1, 0.15) is 24.0 Å². The number of nitrogens with zero attached hydrogens (tertiary/aromatic N) is 3. The Morgan fingerprint density at radius 2 is 1.44 bits per heavy atom. The molecule has 7 nitrogen and oxygen atoms in total. The second-order valence-electron chi connectivity index (χ2n) is 7.37. The Morgan fingerprint density at radius 3 is 1.83 bits per heavy atom. The summed E-state index contributed by atoms with van der Waals surface area (Å²) in [5.74, 6) is 0.884. The van der Waals surface area contributed by atoms with Crippen molar-refractivity contribution in [3.8, 4) is 11.5 Å². The first kappa shape index (κ1) is 30.3. The number of benzene rings is 2. The van der Waals surface area contributed by atoms with E-state index < -0.39 is 0 Å². The van der Waals surface area contributed by atoms with Crippen LogP contribution < -0.4 is 0 Å². The predicted octanol–water partition coefficient (Wildman–Crippen LogP) is 4.75. The minimum atomic E-state index is 0. The maximum absolute atomic E-state index is 9.59. The van der Waals surface area contributed by atoms with E-state index in [9.17, 15) is 15.0 Å². The van der Waals surface area contributed by atoms with E-state index >= 15 is 0 Å². The van der Waals surface area contributed by atoms with Gasteiger partial charge in [0.05, 0.1) is 19.7 Å². The van der Waals surface area contributed by atoms with Gasteiger partial charge in [0.25, 0.3) is 0 Å². The van der Waals surface area contributed by atoms with E-state index in [1.807, 2.05) is 30.3 Å². The smallest absolute Gasteiger partial charge is 0.124 e. The fourth-order valence-electron chi connectivity index (χ4n) is 2.92. The van der Waals surface area contributed by atoms with Gasteiger partial charge in [-0.15, -0.1) is 0 Å². The molecule has 0 amide bonds. The molecule has 0 aliphatic heterocycles. The Hall–Kier alpha value is -3.75. The average Bonchev–Trinajstić information content (AvgIpc) is 3.42. The summed E-state index contributed by atoms with van der Waals surface area (Å²) in [4.78, 5) is 21.8. The third-order valence-electron chi connectivity index (χ3n) is 4.73. The normalized spacial score (nSPS) is 13.7. The molecule has 1 aliphatic carbocycles. The van der Waals surface area contributed by atoms with E-state index in [2.05, 4.69) is 31.9 Å². The van der Waals surface area contributed by atoms with Crippen LogP contribution in [0.25, 0.3) is 0 Å². The van der Waals surface area contributed by atoms with Gasteiger partial charge in [-0.2, -0.15) is 0 Å². The van der Waals surface area contributed by atoms with Crippen LogP contribution in [0.2, 0.25) is 0 Å². The van der Waals surface area contributed by atoms with Gasteiger partial charge >= 0.3 is 0 Å². The largest absolute Gasteiger partial charge is 0.652 e. The third-order valence-corrected chi connectivity index (χ3v) is 4.73. The number of pyridine rings is 1. The number of ether oxygens (including phenoxy) is 1. The van der Waals surface area contributed by atoms with Crippen molar-refractivity contribution < 1.29 is 36.5 Å². The Bertz CT molecular complexity index is 993. The number of allylic oxidation sites excluding steroid dienone is 1. The number of hydrogen-bond donors (Lipinski definition) is 2. The number of para-hydroxylation sites is 2. The van der Waals surface area contributed by atoms with E-state index in [1.54, 1.807) is 61.2 Å². The van der Waals surface area contributed by atoms with Crippen LogP contribution >= 0.6 is 0 Å². The second kappa shape index (κ2) is 19.5. The van der Waals surface area contributed by atoms with Crippen LogP contribution in [-0.2, 0) is 26.3 Å². The van der Waals surface area contributed by atoms with Crippen molar-refractivity contribution in [1.82, 2.24) is 4.98 Å². The van der Waals surface area contributed by atoms with E-state index in [0.717, 1.165) is 12.8 Å². The topological polar surface area (TPSA) is 104 Å². The van der Waals surface area contributed by atoms with Crippen molar-refractivity contribution in [2.75, 3.05) is 19.7 Å². The Morgan fingerprint density at radius 1 is 0.889 bits per heavy atom. The number of carbonyl (C=O) groups excluding carboxylic acids is 1. The number of aromatic nitrogens is 1. The standard InChI is InChI=1S/C16H16N2O2.C7H9O2.C5H5N.Co/c19-15-7-3-1-5-13(15)11-17-9-10-18-12-14-6-2-4-8-16(14)20;8-6-9-5-7-3-1-2-4-7;1-2-4-6-5-3-1;/h1-8,11-12,19-20H,9-10H2;1,3,7H,2,4-5H2;1-5H;/q;-1;;/t;7-;;/m.0../s1. The summed E-state index contributed by atoms with van der Waals surface area (Å²) in [6.07, 6.45) is 13.2. The Kier molecular flexibility index (Phi) is 16.4.